The van der Waals surface area contributed by atoms with Gasteiger partial charge in [-0.05, 0) is 139 Å². The van der Waals surface area contributed by atoms with Crippen molar-refractivity contribution in [2.75, 3.05) is 0 Å². The Bertz CT molecular complexity index is 3280. The van der Waals surface area contributed by atoms with Gasteiger partial charge in [0.15, 0.2) is 0 Å². The van der Waals surface area contributed by atoms with Crippen LogP contribution in [0.1, 0.15) is 49.9 Å². The maximum absolute atomic E-state index is 2.49. The van der Waals surface area contributed by atoms with E-state index in [2.05, 4.69) is 207 Å². The van der Waals surface area contributed by atoms with E-state index in [1.54, 1.807) is 0 Å². The number of fused-ring (bicyclic) bond motifs is 15. The number of nitrogens with zero attached hydrogens (tertiary/aromatic N) is 2. The van der Waals surface area contributed by atoms with Gasteiger partial charge in [-0.3, -0.25) is 0 Å². The van der Waals surface area contributed by atoms with E-state index in [0.29, 0.717) is 0 Å². The van der Waals surface area contributed by atoms with Crippen LogP contribution >= 0.6 is 0 Å². The Balaban J connectivity index is 0.952. The molecule has 274 valence electrons. The minimum atomic E-state index is -0.171. The lowest BCUT2D eigenvalue weighted by atomic mass is 9.72. The quantitative estimate of drug-likeness (QED) is 0.167. The first-order valence-corrected chi connectivity index (χ1v) is 20.6. The van der Waals surface area contributed by atoms with Gasteiger partial charge in [0.05, 0.1) is 22.1 Å². The Hall–Kier alpha value is -6.90. The first-order valence-electron chi connectivity index (χ1n) is 20.6. The van der Waals surface area contributed by atoms with Crippen molar-refractivity contribution in [2.45, 2.75) is 38.5 Å². The van der Waals surface area contributed by atoms with Crippen molar-refractivity contribution in [3.8, 4) is 33.6 Å². The van der Waals surface area contributed by atoms with Crippen LogP contribution in [0, 0.1) is 0 Å². The van der Waals surface area contributed by atoms with Gasteiger partial charge in [-0.25, -0.2) is 0 Å². The molecule has 2 aromatic heterocycles. The summed E-state index contributed by atoms with van der Waals surface area (Å²) in [6.45, 7) is 9.81. The molecule has 0 spiro atoms. The molecule has 0 fully saturated rings. The Morgan fingerprint density at radius 1 is 0.310 bits per heavy atom. The third-order valence-electron chi connectivity index (χ3n) is 14.0. The maximum atomic E-state index is 2.49. The monoisotopic (exact) mass is 740 g/mol. The highest BCUT2D eigenvalue weighted by atomic mass is 15.0. The Morgan fingerprint density at radius 2 is 0.655 bits per heavy atom. The first-order chi connectivity index (χ1) is 28.3. The average Bonchev–Trinajstić information content (AvgIpc) is 3.90. The molecule has 2 heterocycles. The Morgan fingerprint density at radius 3 is 1.02 bits per heavy atom. The Labute approximate surface area is 337 Å². The molecule has 13 rings (SSSR count). The SMILES string of the molecule is CC1(C)c2cc3cc(-n4c5ccccc5c5ccccc54)ccc3cc2-c2ccc3c(c21)C(C)(C)c1cc2cc(-n4c5ccccc5c5ccccc54)ccc2cc1-3. The summed E-state index contributed by atoms with van der Waals surface area (Å²) in [7, 11) is 0. The first kappa shape index (κ1) is 32.2. The van der Waals surface area contributed by atoms with Gasteiger partial charge in [-0.1, -0.05) is 125 Å². The second-order valence-electron chi connectivity index (χ2n) is 17.8. The molecule has 2 aliphatic carbocycles. The number of hydrogen-bond donors (Lipinski definition) is 0. The van der Waals surface area contributed by atoms with Crippen LogP contribution < -0.4 is 0 Å². The standard InChI is InChI=1S/C56H40N2/c1-55(2)47-31-35-27-37(57-49-17-9-5-13-39(49)40-14-6-10-18-50(40)57)23-21-33(35)29-45(47)43-25-26-44-46-30-34-22-24-38(28-36(34)32-48(46)56(3,4)54(44)53(43)55)58-51-19-11-7-15-41(51)42-16-8-12-20-52(42)58/h5-32H,1-4H3. The highest BCUT2D eigenvalue weighted by molar-refractivity contribution is 6.11. The average molecular weight is 741 g/mol. The summed E-state index contributed by atoms with van der Waals surface area (Å²) in [6, 6.07) is 63.9. The molecule has 58 heavy (non-hydrogen) atoms. The molecule has 0 atom stereocenters. The summed E-state index contributed by atoms with van der Waals surface area (Å²) in [5, 5.41) is 10.3. The van der Waals surface area contributed by atoms with Crippen LogP contribution in [-0.4, -0.2) is 9.13 Å². The molecule has 0 saturated heterocycles. The number of hydrogen-bond acceptors (Lipinski definition) is 0. The molecular formula is C56H40N2. The van der Waals surface area contributed by atoms with Gasteiger partial charge in [0.1, 0.15) is 0 Å². The van der Waals surface area contributed by atoms with E-state index in [0.717, 1.165) is 0 Å². The molecule has 0 radical (unpaired) electrons. The van der Waals surface area contributed by atoms with E-state index in [1.165, 1.54) is 121 Å². The molecule has 0 amide bonds. The van der Waals surface area contributed by atoms with Gasteiger partial charge in [-0.2, -0.15) is 0 Å². The number of para-hydroxylation sites is 4. The lowest BCUT2D eigenvalue weighted by Gasteiger charge is -2.31. The molecule has 0 unspecified atom stereocenters. The highest BCUT2D eigenvalue weighted by Crippen LogP contribution is 2.60. The minimum Gasteiger partial charge on any atom is -0.309 e. The molecule has 0 saturated carbocycles. The van der Waals surface area contributed by atoms with Gasteiger partial charge in [0, 0.05) is 43.7 Å². The Kier molecular flexibility index (Phi) is 6.07. The van der Waals surface area contributed by atoms with Crippen molar-refractivity contribution < 1.29 is 0 Å². The van der Waals surface area contributed by atoms with Crippen molar-refractivity contribution >= 4 is 65.2 Å². The van der Waals surface area contributed by atoms with E-state index >= 15 is 0 Å². The van der Waals surface area contributed by atoms with Gasteiger partial charge in [0.2, 0.25) is 0 Å². The molecule has 2 nitrogen and oxygen atoms in total. The van der Waals surface area contributed by atoms with Gasteiger partial charge in [0.25, 0.3) is 0 Å². The summed E-state index contributed by atoms with van der Waals surface area (Å²) < 4.78 is 4.86. The molecule has 2 aliphatic rings. The molecule has 0 bridgehead atoms. The highest BCUT2D eigenvalue weighted by Gasteiger charge is 2.46. The summed E-state index contributed by atoms with van der Waals surface area (Å²) in [5.74, 6) is 0. The van der Waals surface area contributed by atoms with Crippen LogP contribution in [0.15, 0.2) is 170 Å². The molecule has 2 heteroatoms. The van der Waals surface area contributed by atoms with E-state index in [-0.39, 0.29) is 10.8 Å². The number of aromatic nitrogens is 2. The minimum absolute atomic E-state index is 0.171. The van der Waals surface area contributed by atoms with Crippen molar-refractivity contribution in [3.63, 3.8) is 0 Å². The van der Waals surface area contributed by atoms with Crippen molar-refractivity contribution in [1.29, 1.82) is 0 Å². The zero-order valence-corrected chi connectivity index (χ0v) is 33.1. The van der Waals surface area contributed by atoms with Crippen LogP contribution in [-0.2, 0) is 10.8 Å². The normalized spacial score (nSPS) is 14.8. The smallest absolute Gasteiger partial charge is 0.0541 e. The summed E-state index contributed by atoms with van der Waals surface area (Å²) in [5.41, 5.74) is 18.3. The fourth-order valence-corrected chi connectivity index (χ4v) is 11.3. The van der Waals surface area contributed by atoms with E-state index in [1.807, 2.05) is 0 Å². The van der Waals surface area contributed by atoms with E-state index < -0.39 is 0 Å². The summed E-state index contributed by atoms with van der Waals surface area (Å²) in [4.78, 5) is 0. The predicted molar refractivity (Wildman–Crippen MR) is 245 cm³/mol. The number of benzene rings is 9. The van der Waals surface area contributed by atoms with Crippen LogP contribution in [0.4, 0.5) is 0 Å². The van der Waals surface area contributed by atoms with Crippen molar-refractivity contribution in [3.05, 3.63) is 192 Å². The van der Waals surface area contributed by atoms with Gasteiger partial charge < -0.3 is 9.13 Å². The lowest BCUT2D eigenvalue weighted by Crippen LogP contribution is -2.24. The molecular weight excluding hydrogens is 701 g/mol. The maximum Gasteiger partial charge on any atom is 0.0541 e. The van der Waals surface area contributed by atoms with E-state index in [9.17, 15) is 0 Å². The third kappa shape index (κ3) is 4.02. The topological polar surface area (TPSA) is 9.86 Å². The van der Waals surface area contributed by atoms with Crippen LogP contribution in [0.2, 0.25) is 0 Å². The molecule has 9 aromatic carbocycles. The molecule has 0 N–H and O–H groups in total. The number of rotatable bonds is 2. The second kappa shape index (κ2) is 10.9. The van der Waals surface area contributed by atoms with Crippen molar-refractivity contribution in [2.24, 2.45) is 0 Å². The predicted octanol–water partition coefficient (Wildman–Crippen LogP) is 14.8. The summed E-state index contributed by atoms with van der Waals surface area (Å²) in [6.07, 6.45) is 0. The molecule has 11 aromatic rings. The van der Waals surface area contributed by atoms with Crippen LogP contribution in [0.5, 0.6) is 0 Å². The summed E-state index contributed by atoms with van der Waals surface area (Å²) >= 11 is 0. The third-order valence-corrected chi connectivity index (χ3v) is 14.0. The van der Waals surface area contributed by atoms with Gasteiger partial charge in [-0.15, -0.1) is 0 Å². The zero-order valence-electron chi connectivity index (χ0n) is 33.1. The molecule has 0 aliphatic heterocycles. The lowest BCUT2D eigenvalue weighted by molar-refractivity contribution is 0.602. The largest absolute Gasteiger partial charge is 0.309 e. The fourth-order valence-electron chi connectivity index (χ4n) is 11.3. The zero-order chi connectivity index (χ0) is 38.7. The van der Waals surface area contributed by atoms with Crippen LogP contribution in [0.25, 0.3) is 98.8 Å². The second-order valence-corrected chi connectivity index (χ2v) is 17.8. The fraction of sp³-hybridized carbons (Fsp3) is 0.107. The van der Waals surface area contributed by atoms with E-state index in [4.69, 9.17) is 0 Å². The van der Waals surface area contributed by atoms with Crippen LogP contribution in [0.3, 0.4) is 0 Å². The van der Waals surface area contributed by atoms with Gasteiger partial charge >= 0.3 is 0 Å². The van der Waals surface area contributed by atoms with Crippen molar-refractivity contribution in [1.82, 2.24) is 9.13 Å².